The van der Waals surface area contributed by atoms with Crippen LogP contribution in [0.3, 0.4) is 0 Å². The summed E-state index contributed by atoms with van der Waals surface area (Å²) in [4.78, 5) is 14.5. The molecule has 1 amide bonds. The summed E-state index contributed by atoms with van der Waals surface area (Å²) >= 11 is 0. The molecule has 4 N–H and O–H groups in total. The minimum Gasteiger partial charge on any atom is -0.382 e. The molecule has 0 aliphatic carbocycles. The normalized spacial score (nSPS) is 16.3. The third-order valence-corrected chi connectivity index (χ3v) is 3.93. The van der Waals surface area contributed by atoms with Gasteiger partial charge in [-0.25, -0.2) is 0 Å². The van der Waals surface area contributed by atoms with Crippen LogP contribution in [-0.4, -0.2) is 27.5 Å². The summed E-state index contributed by atoms with van der Waals surface area (Å²) in [6, 6.07) is 5.82. The molecule has 6 nitrogen and oxygen atoms in total. The average Bonchev–Trinajstić information content (AvgIpc) is 2.72. The maximum atomic E-state index is 12.8. The first-order chi connectivity index (χ1) is 10.1. The van der Waals surface area contributed by atoms with E-state index < -0.39 is 0 Å². The number of rotatable bonds is 0. The predicted molar refractivity (Wildman–Crippen MR) is 80.6 cm³/mol. The number of nitrogens with one attached hydrogen (secondary N) is 2. The quantitative estimate of drug-likeness (QED) is 0.640. The molecule has 0 bridgehead atoms. The maximum Gasteiger partial charge on any atom is 0.261 e. The molecule has 2 aromatic rings. The van der Waals surface area contributed by atoms with E-state index in [9.17, 15) is 4.79 Å². The first kappa shape index (κ1) is 12.0. The Hall–Kier alpha value is -2.76. The van der Waals surface area contributed by atoms with Crippen LogP contribution in [0.2, 0.25) is 0 Å². The van der Waals surface area contributed by atoms with Crippen molar-refractivity contribution >= 4 is 29.3 Å². The number of carbonyl (C=O) groups excluding carboxylic acids is 1. The molecule has 6 heteroatoms. The number of nitrogen functional groups attached to an aromatic ring is 1. The van der Waals surface area contributed by atoms with Gasteiger partial charge in [-0.3, -0.25) is 14.8 Å². The number of H-pyrrole nitrogens is 1. The molecule has 0 radical (unpaired) electrons. The number of aromatic nitrogens is 2. The van der Waals surface area contributed by atoms with Gasteiger partial charge in [0.15, 0.2) is 5.82 Å². The van der Waals surface area contributed by atoms with Gasteiger partial charge in [0.05, 0.1) is 21.8 Å². The molecule has 106 valence electrons. The van der Waals surface area contributed by atoms with Crippen molar-refractivity contribution in [2.45, 2.75) is 13.3 Å². The number of benzene rings is 1. The van der Waals surface area contributed by atoms with E-state index in [0.29, 0.717) is 23.7 Å². The number of carbonyl (C=O) groups is 1. The molecule has 0 atom stereocenters. The van der Waals surface area contributed by atoms with E-state index in [4.69, 9.17) is 5.73 Å². The molecule has 0 unspecified atom stereocenters. The molecule has 2 aliphatic rings. The SMILES string of the molecule is Cc1ccc2c(c1)C(=O)N1CCC=c3[nH]nc(N)c3=C1N2. The standard InChI is InChI=1S/C15H15N5O/c1-8-4-5-10-9(7-8)15(21)20-6-2-3-11-12(14(20)17-10)13(16)19-18-11/h3-5,7,17-18H,2,6H2,1H3,(H2,16,19). The fraction of sp³-hybridized carbons (Fsp3) is 0.200. The summed E-state index contributed by atoms with van der Waals surface area (Å²) in [6.45, 7) is 2.60. The van der Waals surface area contributed by atoms with Crippen molar-refractivity contribution in [2.24, 2.45) is 0 Å². The number of hydrogen-bond donors (Lipinski definition) is 3. The van der Waals surface area contributed by atoms with E-state index in [1.807, 2.05) is 31.2 Å². The number of aromatic amines is 1. The number of amides is 1. The Morgan fingerprint density at radius 2 is 2.24 bits per heavy atom. The summed E-state index contributed by atoms with van der Waals surface area (Å²) in [5.74, 6) is 1.12. The molecule has 21 heavy (non-hydrogen) atoms. The highest BCUT2D eigenvalue weighted by molar-refractivity contribution is 6.07. The lowest BCUT2D eigenvalue weighted by atomic mass is 10.1. The summed E-state index contributed by atoms with van der Waals surface area (Å²) in [6.07, 6.45) is 2.78. The molecular formula is C15H15N5O. The summed E-state index contributed by atoms with van der Waals surface area (Å²) in [7, 11) is 0. The molecule has 1 aromatic heterocycles. The Morgan fingerprint density at radius 1 is 1.38 bits per heavy atom. The highest BCUT2D eigenvalue weighted by Crippen LogP contribution is 2.28. The first-order valence-corrected chi connectivity index (χ1v) is 6.89. The fourth-order valence-corrected chi connectivity index (χ4v) is 2.90. The monoisotopic (exact) mass is 281 g/mol. The third-order valence-electron chi connectivity index (χ3n) is 3.93. The van der Waals surface area contributed by atoms with Gasteiger partial charge < -0.3 is 11.1 Å². The van der Waals surface area contributed by atoms with E-state index in [0.717, 1.165) is 28.2 Å². The van der Waals surface area contributed by atoms with Crippen molar-refractivity contribution in [1.82, 2.24) is 15.1 Å². The molecule has 1 aromatic carbocycles. The number of aryl methyl sites for hydroxylation is 1. The fourth-order valence-electron chi connectivity index (χ4n) is 2.90. The zero-order valence-electron chi connectivity index (χ0n) is 11.6. The van der Waals surface area contributed by atoms with Crippen molar-refractivity contribution in [3.8, 4) is 0 Å². The van der Waals surface area contributed by atoms with Gasteiger partial charge in [0.2, 0.25) is 0 Å². The first-order valence-electron chi connectivity index (χ1n) is 6.89. The largest absolute Gasteiger partial charge is 0.382 e. The molecule has 0 saturated carbocycles. The molecule has 0 fully saturated rings. The van der Waals surface area contributed by atoms with Crippen LogP contribution in [-0.2, 0) is 0 Å². The molecule has 0 saturated heterocycles. The highest BCUT2D eigenvalue weighted by atomic mass is 16.2. The second kappa shape index (κ2) is 4.12. The molecule has 4 rings (SSSR count). The van der Waals surface area contributed by atoms with Gasteiger partial charge in [-0.2, -0.15) is 5.10 Å². The van der Waals surface area contributed by atoms with Crippen LogP contribution in [0.5, 0.6) is 0 Å². The zero-order chi connectivity index (χ0) is 14.6. The molecular weight excluding hydrogens is 266 g/mol. The Bertz CT molecular complexity index is 880. The van der Waals surface area contributed by atoms with Gasteiger partial charge in [-0.05, 0) is 25.5 Å². The third kappa shape index (κ3) is 1.65. The molecule has 3 heterocycles. The summed E-state index contributed by atoms with van der Waals surface area (Å²) in [5, 5.41) is 11.9. The minimum atomic E-state index is 0.00398. The van der Waals surface area contributed by atoms with Crippen LogP contribution < -0.4 is 21.6 Å². The van der Waals surface area contributed by atoms with Crippen LogP contribution in [0.1, 0.15) is 22.3 Å². The molecule has 2 aliphatic heterocycles. The van der Waals surface area contributed by atoms with Crippen LogP contribution in [0.25, 0.3) is 11.9 Å². The van der Waals surface area contributed by atoms with Gasteiger partial charge in [-0.1, -0.05) is 17.7 Å². The van der Waals surface area contributed by atoms with E-state index >= 15 is 0 Å². The van der Waals surface area contributed by atoms with Crippen molar-refractivity contribution in [1.29, 1.82) is 0 Å². The van der Waals surface area contributed by atoms with Gasteiger partial charge in [0, 0.05) is 6.54 Å². The Balaban J connectivity index is 2.04. The predicted octanol–water partition coefficient (Wildman–Crippen LogP) is 0.118. The summed E-state index contributed by atoms with van der Waals surface area (Å²) < 4.78 is 0. The minimum absolute atomic E-state index is 0.00398. The number of anilines is 2. The van der Waals surface area contributed by atoms with E-state index in [1.54, 1.807) is 4.90 Å². The van der Waals surface area contributed by atoms with Gasteiger partial charge in [0.1, 0.15) is 5.82 Å². The van der Waals surface area contributed by atoms with Gasteiger partial charge in [-0.15, -0.1) is 0 Å². The second-order valence-electron chi connectivity index (χ2n) is 5.37. The lowest BCUT2D eigenvalue weighted by Crippen LogP contribution is -2.42. The van der Waals surface area contributed by atoms with Crippen molar-refractivity contribution in [2.75, 3.05) is 17.6 Å². The summed E-state index contributed by atoms with van der Waals surface area (Å²) in [5.41, 5.74) is 8.54. The Morgan fingerprint density at radius 3 is 3.10 bits per heavy atom. The lowest BCUT2D eigenvalue weighted by Gasteiger charge is -2.31. The topological polar surface area (TPSA) is 87.0 Å². The zero-order valence-corrected chi connectivity index (χ0v) is 11.6. The van der Waals surface area contributed by atoms with Crippen molar-refractivity contribution < 1.29 is 4.79 Å². The van der Waals surface area contributed by atoms with Crippen LogP contribution in [0, 0.1) is 6.92 Å². The Labute approximate surface area is 120 Å². The second-order valence-corrected chi connectivity index (χ2v) is 5.37. The van der Waals surface area contributed by atoms with E-state index in [-0.39, 0.29) is 5.91 Å². The van der Waals surface area contributed by atoms with E-state index in [1.165, 1.54) is 0 Å². The lowest BCUT2D eigenvalue weighted by molar-refractivity contribution is 0.0832. The highest BCUT2D eigenvalue weighted by Gasteiger charge is 2.30. The molecule has 0 spiro atoms. The smallest absolute Gasteiger partial charge is 0.261 e. The van der Waals surface area contributed by atoms with Crippen LogP contribution in [0.15, 0.2) is 18.2 Å². The van der Waals surface area contributed by atoms with Crippen LogP contribution in [0.4, 0.5) is 11.5 Å². The van der Waals surface area contributed by atoms with E-state index in [2.05, 4.69) is 15.5 Å². The number of hydrogen-bond acceptors (Lipinski definition) is 4. The van der Waals surface area contributed by atoms with Crippen molar-refractivity contribution in [3.05, 3.63) is 39.9 Å². The number of nitrogens with zero attached hydrogens (tertiary/aromatic N) is 2. The van der Waals surface area contributed by atoms with Gasteiger partial charge >= 0.3 is 0 Å². The van der Waals surface area contributed by atoms with Crippen LogP contribution >= 0.6 is 0 Å². The van der Waals surface area contributed by atoms with Crippen molar-refractivity contribution in [3.63, 3.8) is 0 Å². The maximum absolute atomic E-state index is 12.8. The number of nitrogens with two attached hydrogens (primary N) is 1. The van der Waals surface area contributed by atoms with Gasteiger partial charge in [0.25, 0.3) is 5.91 Å². The Kier molecular flexibility index (Phi) is 2.35. The average molecular weight is 281 g/mol. The number of fused-ring (bicyclic) bond motifs is 3.